The van der Waals surface area contributed by atoms with Crippen LogP contribution in [0.25, 0.3) is 11.2 Å². The van der Waals surface area contributed by atoms with E-state index in [0.717, 1.165) is 11.2 Å². The molecule has 58 valence electrons. The van der Waals surface area contributed by atoms with Crippen LogP contribution in [0.1, 0.15) is 25.3 Å². The zero-order valence-corrected chi connectivity index (χ0v) is 6.63. The van der Waals surface area contributed by atoms with Gasteiger partial charge in [0.1, 0.15) is 0 Å². The quantitative estimate of drug-likeness (QED) is 0.583. The standard InChI is InChI=1S/C9H10O2/c1-6(2)7-4-3-5-8-9(7)11-10-8/h3-6H,1-2H3. The summed E-state index contributed by atoms with van der Waals surface area (Å²) in [4.78, 5) is 0. The molecule has 1 aromatic heterocycles. The van der Waals surface area contributed by atoms with Crippen molar-refractivity contribution in [3.8, 4) is 0 Å². The molecule has 0 bridgehead atoms. The molecule has 2 nitrogen and oxygen atoms in total. The predicted molar refractivity (Wildman–Crippen MR) is 42.6 cm³/mol. The molecule has 0 radical (unpaired) electrons. The second-order valence-electron chi connectivity index (χ2n) is 3.00. The Kier molecular flexibility index (Phi) is 1.28. The van der Waals surface area contributed by atoms with Crippen molar-refractivity contribution in [2.75, 3.05) is 0 Å². The zero-order chi connectivity index (χ0) is 7.84. The Morgan fingerprint density at radius 2 is 2.00 bits per heavy atom. The van der Waals surface area contributed by atoms with Crippen LogP contribution in [0.3, 0.4) is 0 Å². The van der Waals surface area contributed by atoms with Gasteiger partial charge in [0, 0.05) is 5.56 Å². The van der Waals surface area contributed by atoms with Gasteiger partial charge in [0.25, 0.3) is 0 Å². The van der Waals surface area contributed by atoms with Crippen molar-refractivity contribution in [3.05, 3.63) is 23.8 Å². The summed E-state index contributed by atoms with van der Waals surface area (Å²) < 4.78 is 9.64. The second kappa shape index (κ2) is 2.16. The van der Waals surface area contributed by atoms with Crippen molar-refractivity contribution < 1.29 is 9.15 Å². The first-order valence-electron chi connectivity index (χ1n) is 3.76. The smallest absolute Gasteiger partial charge is 0.229 e. The molecule has 0 unspecified atom stereocenters. The molecule has 0 saturated carbocycles. The maximum absolute atomic E-state index is 4.87. The highest BCUT2D eigenvalue weighted by atomic mass is 17.0. The summed E-state index contributed by atoms with van der Waals surface area (Å²) in [5.74, 6) is 0.494. The molecule has 0 amide bonds. The van der Waals surface area contributed by atoms with E-state index in [1.54, 1.807) is 0 Å². The van der Waals surface area contributed by atoms with Gasteiger partial charge in [-0.25, -0.2) is 0 Å². The number of fused-ring (bicyclic) bond motifs is 1. The van der Waals surface area contributed by atoms with E-state index in [-0.39, 0.29) is 0 Å². The lowest BCUT2D eigenvalue weighted by Gasteiger charge is -2.07. The largest absolute Gasteiger partial charge is 0.286 e. The van der Waals surface area contributed by atoms with Crippen molar-refractivity contribution in [1.82, 2.24) is 0 Å². The summed E-state index contributed by atoms with van der Waals surface area (Å²) in [6.07, 6.45) is 0. The lowest BCUT2D eigenvalue weighted by atomic mass is 10.0. The van der Waals surface area contributed by atoms with Crippen LogP contribution in [0.2, 0.25) is 0 Å². The molecule has 0 saturated heterocycles. The first kappa shape index (κ1) is 6.53. The van der Waals surface area contributed by atoms with Gasteiger partial charge in [0.2, 0.25) is 11.2 Å². The van der Waals surface area contributed by atoms with Gasteiger partial charge in [-0.15, -0.1) is 0 Å². The van der Waals surface area contributed by atoms with Crippen molar-refractivity contribution >= 4 is 11.2 Å². The van der Waals surface area contributed by atoms with Crippen LogP contribution in [0.4, 0.5) is 0 Å². The van der Waals surface area contributed by atoms with Gasteiger partial charge in [-0.1, -0.05) is 26.0 Å². The first-order chi connectivity index (χ1) is 5.29. The number of rotatable bonds is 1. The SMILES string of the molecule is CC(C)c1cccc2ooc12. The minimum absolute atomic E-state index is 0.494. The molecule has 0 atom stereocenters. The van der Waals surface area contributed by atoms with E-state index in [0.29, 0.717) is 5.92 Å². The summed E-state index contributed by atoms with van der Waals surface area (Å²) in [5, 5.41) is 0. The van der Waals surface area contributed by atoms with Gasteiger partial charge in [-0.05, 0) is 12.0 Å². The van der Waals surface area contributed by atoms with Crippen molar-refractivity contribution in [1.29, 1.82) is 0 Å². The van der Waals surface area contributed by atoms with E-state index in [9.17, 15) is 0 Å². The van der Waals surface area contributed by atoms with Gasteiger partial charge in [0.05, 0.1) is 0 Å². The average Bonchev–Trinajstić information content (AvgIpc) is 1.90. The number of benzene rings is 1. The fourth-order valence-corrected chi connectivity index (χ4v) is 1.19. The monoisotopic (exact) mass is 150 g/mol. The van der Waals surface area contributed by atoms with Crippen LogP contribution >= 0.6 is 0 Å². The summed E-state index contributed by atoms with van der Waals surface area (Å²) in [6.45, 7) is 4.27. The van der Waals surface area contributed by atoms with Crippen molar-refractivity contribution in [2.45, 2.75) is 19.8 Å². The minimum atomic E-state index is 0.494. The molecule has 2 aromatic rings. The summed E-state index contributed by atoms with van der Waals surface area (Å²) in [5.41, 5.74) is 2.98. The van der Waals surface area contributed by atoms with Crippen LogP contribution in [-0.2, 0) is 0 Å². The van der Waals surface area contributed by atoms with Crippen LogP contribution in [0, 0.1) is 0 Å². The topological polar surface area (TPSA) is 26.3 Å². The minimum Gasteiger partial charge on any atom is -0.286 e. The van der Waals surface area contributed by atoms with Gasteiger partial charge >= 0.3 is 0 Å². The van der Waals surface area contributed by atoms with Gasteiger partial charge in [-0.2, -0.15) is 0 Å². The normalized spacial score (nSPS) is 11.5. The molecule has 11 heavy (non-hydrogen) atoms. The maximum Gasteiger partial charge on any atom is 0.229 e. The van der Waals surface area contributed by atoms with E-state index in [1.165, 1.54) is 5.56 Å². The first-order valence-corrected chi connectivity index (χ1v) is 3.76. The highest BCUT2D eigenvalue weighted by molar-refractivity contribution is 5.74. The third-order valence-corrected chi connectivity index (χ3v) is 1.85. The molecule has 0 aliphatic heterocycles. The van der Waals surface area contributed by atoms with Crippen LogP contribution in [-0.4, -0.2) is 0 Å². The molecule has 0 fully saturated rings. The lowest BCUT2D eigenvalue weighted by Crippen LogP contribution is -1.90. The van der Waals surface area contributed by atoms with Gasteiger partial charge in [0.15, 0.2) is 0 Å². The molecule has 0 spiro atoms. The molecule has 2 heteroatoms. The molecule has 0 aliphatic rings. The number of hydrogen-bond acceptors (Lipinski definition) is 2. The summed E-state index contributed by atoms with van der Waals surface area (Å²) >= 11 is 0. The van der Waals surface area contributed by atoms with E-state index in [4.69, 9.17) is 9.15 Å². The fourth-order valence-electron chi connectivity index (χ4n) is 1.19. The summed E-state index contributed by atoms with van der Waals surface area (Å²) in [7, 11) is 0. The van der Waals surface area contributed by atoms with E-state index < -0.39 is 0 Å². The Morgan fingerprint density at radius 1 is 1.18 bits per heavy atom. The molecular formula is C9H10O2. The average molecular weight is 150 g/mol. The van der Waals surface area contributed by atoms with Crippen LogP contribution in [0.5, 0.6) is 0 Å². The third-order valence-electron chi connectivity index (χ3n) is 1.85. The van der Waals surface area contributed by atoms with E-state index in [2.05, 4.69) is 19.9 Å². The Hall–Kier alpha value is -1.18. The number of hydrogen-bond donors (Lipinski definition) is 0. The molecular weight excluding hydrogens is 140 g/mol. The number of para-hydroxylation sites is 1. The molecule has 0 aliphatic carbocycles. The third kappa shape index (κ3) is 0.862. The summed E-state index contributed by atoms with van der Waals surface area (Å²) in [6, 6.07) is 5.95. The highest BCUT2D eigenvalue weighted by Crippen LogP contribution is 2.27. The maximum atomic E-state index is 4.87. The molecule has 1 heterocycles. The zero-order valence-electron chi connectivity index (χ0n) is 6.63. The molecule has 2 rings (SSSR count). The highest BCUT2D eigenvalue weighted by Gasteiger charge is 2.11. The lowest BCUT2D eigenvalue weighted by molar-refractivity contribution is 0.0578. The van der Waals surface area contributed by atoms with Crippen molar-refractivity contribution in [2.24, 2.45) is 0 Å². The molecule has 1 aromatic carbocycles. The van der Waals surface area contributed by atoms with E-state index in [1.807, 2.05) is 12.1 Å². The van der Waals surface area contributed by atoms with Crippen LogP contribution < -0.4 is 0 Å². The van der Waals surface area contributed by atoms with Crippen molar-refractivity contribution in [3.63, 3.8) is 0 Å². The second-order valence-corrected chi connectivity index (χ2v) is 3.00. The Bertz CT molecular complexity index is 354. The van der Waals surface area contributed by atoms with Crippen LogP contribution in [0.15, 0.2) is 27.4 Å². The molecule has 0 N–H and O–H groups in total. The predicted octanol–water partition coefficient (Wildman–Crippen LogP) is 3.15. The van der Waals surface area contributed by atoms with Gasteiger partial charge in [-0.3, -0.25) is 9.15 Å². The Balaban J connectivity index is 2.62. The Labute approximate surface area is 64.7 Å². The Morgan fingerprint density at radius 3 is 2.45 bits per heavy atom. The fraction of sp³-hybridized carbons (Fsp3) is 0.333. The van der Waals surface area contributed by atoms with Gasteiger partial charge < -0.3 is 0 Å². The van der Waals surface area contributed by atoms with E-state index >= 15 is 0 Å².